The van der Waals surface area contributed by atoms with Gasteiger partial charge in [0, 0.05) is 0 Å². The van der Waals surface area contributed by atoms with E-state index in [1.807, 2.05) is 6.92 Å². The Labute approximate surface area is 180 Å². The van der Waals surface area contributed by atoms with E-state index in [1.165, 1.54) is 0 Å². The van der Waals surface area contributed by atoms with Crippen LogP contribution in [0.1, 0.15) is 40.0 Å². The Bertz CT molecular complexity index is 767. The molecule has 0 amide bonds. The lowest BCUT2D eigenvalue weighted by atomic mass is 9.57. The molecule has 0 spiro atoms. The van der Waals surface area contributed by atoms with Crippen molar-refractivity contribution in [3.05, 3.63) is 11.1 Å². The van der Waals surface area contributed by atoms with Crippen molar-refractivity contribution in [1.82, 2.24) is 0 Å². The molecule has 0 radical (unpaired) electrons. The van der Waals surface area contributed by atoms with Crippen LogP contribution in [0.25, 0.3) is 0 Å². The Kier molecular flexibility index (Phi) is 5.76. The molecule has 3 fully saturated rings. The molecule has 6 N–H and O–H groups in total. The van der Waals surface area contributed by atoms with Gasteiger partial charge in [-0.15, -0.1) is 0 Å². The standard InChI is InChI=1S/C21H32O10/c1-8-12-17-21(28,9(2)18(27)31-17)5-4-20(12,3)6-10(23)16(8)30-19-15(26)14(25)13(24)11(7-22)29-19/h9-11,13-17,19,22-26,28H,4-7H2,1-3H3/t9-,10?,11+,13+,14-,15+,16-,17-,19+,20-,21+/m0/s1. The Balaban J connectivity index is 1.67. The van der Waals surface area contributed by atoms with E-state index in [-0.39, 0.29) is 6.42 Å². The molecule has 176 valence electrons. The number of fused-ring (bicyclic) bond motifs is 3. The van der Waals surface area contributed by atoms with Crippen molar-refractivity contribution in [2.75, 3.05) is 6.61 Å². The molecular weight excluding hydrogens is 412 g/mol. The van der Waals surface area contributed by atoms with Crippen molar-refractivity contribution < 1.29 is 49.6 Å². The van der Waals surface area contributed by atoms with Crippen LogP contribution in [0.4, 0.5) is 0 Å². The van der Waals surface area contributed by atoms with Gasteiger partial charge in [0.05, 0.1) is 18.6 Å². The monoisotopic (exact) mass is 444 g/mol. The number of carbonyl (C=O) groups excluding carboxylic acids is 1. The first-order valence-electron chi connectivity index (χ1n) is 10.7. The summed E-state index contributed by atoms with van der Waals surface area (Å²) in [6, 6.07) is 0. The van der Waals surface area contributed by atoms with E-state index in [2.05, 4.69) is 0 Å². The molecule has 1 saturated carbocycles. The number of esters is 1. The first-order chi connectivity index (χ1) is 14.4. The number of aliphatic hydroxyl groups excluding tert-OH is 5. The van der Waals surface area contributed by atoms with Gasteiger partial charge in [0.1, 0.15) is 36.1 Å². The van der Waals surface area contributed by atoms with Gasteiger partial charge in [-0.3, -0.25) is 4.79 Å². The van der Waals surface area contributed by atoms with Crippen LogP contribution in [0, 0.1) is 11.3 Å². The SMILES string of the molecule is CC1=C2[C@@H]3OC(=O)[C@H](C)[C@]3(O)CC[C@@]2(C)CC(O)[C@H]1O[C@H]1O[C@H](CO)[C@@H](O)[C@H](O)[C@H]1O. The predicted octanol–water partition coefficient (Wildman–Crippen LogP) is -1.65. The molecule has 10 nitrogen and oxygen atoms in total. The zero-order chi connectivity index (χ0) is 22.9. The number of aliphatic hydroxyl groups is 6. The Morgan fingerprint density at radius 2 is 1.81 bits per heavy atom. The molecule has 2 heterocycles. The summed E-state index contributed by atoms with van der Waals surface area (Å²) in [4.78, 5) is 12.3. The Morgan fingerprint density at radius 3 is 2.45 bits per heavy atom. The zero-order valence-electron chi connectivity index (χ0n) is 17.8. The quantitative estimate of drug-likeness (QED) is 0.219. The molecule has 11 atom stereocenters. The lowest BCUT2D eigenvalue weighted by Crippen LogP contribution is -2.61. The van der Waals surface area contributed by atoms with Gasteiger partial charge in [0.15, 0.2) is 12.4 Å². The van der Waals surface area contributed by atoms with Gasteiger partial charge in [0.2, 0.25) is 0 Å². The van der Waals surface area contributed by atoms with Crippen molar-refractivity contribution in [2.24, 2.45) is 11.3 Å². The molecular formula is C21H32O10. The third-order valence-corrected chi connectivity index (χ3v) is 7.77. The van der Waals surface area contributed by atoms with Crippen LogP contribution in [0.15, 0.2) is 11.1 Å². The van der Waals surface area contributed by atoms with Crippen molar-refractivity contribution in [1.29, 1.82) is 0 Å². The first-order valence-corrected chi connectivity index (χ1v) is 10.7. The van der Waals surface area contributed by atoms with E-state index >= 15 is 0 Å². The summed E-state index contributed by atoms with van der Waals surface area (Å²) in [5.74, 6) is -1.16. The van der Waals surface area contributed by atoms with Crippen molar-refractivity contribution in [3.63, 3.8) is 0 Å². The van der Waals surface area contributed by atoms with Gasteiger partial charge in [-0.2, -0.15) is 0 Å². The summed E-state index contributed by atoms with van der Waals surface area (Å²) < 4.78 is 16.9. The highest BCUT2D eigenvalue weighted by Gasteiger charge is 2.63. The minimum atomic E-state index is -1.61. The third kappa shape index (κ3) is 3.36. The molecule has 4 rings (SSSR count). The van der Waals surface area contributed by atoms with Crippen LogP contribution >= 0.6 is 0 Å². The zero-order valence-corrected chi connectivity index (χ0v) is 17.8. The summed E-state index contributed by atoms with van der Waals surface area (Å²) in [6.45, 7) is 4.71. The maximum atomic E-state index is 12.3. The predicted molar refractivity (Wildman–Crippen MR) is 103 cm³/mol. The second kappa shape index (κ2) is 7.74. The normalized spacial score (nSPS) is 52.5. The summed E-state index contributed by atoms with van der Waals surface area (Å²) in [5.41, 5.74) is -0.606. The molecule has 0 aromatic carbocycles. The maximum absolute atomic E-state index is 12.3. The van der Waals surface area contributed by atoms with Crippen LogP contribution in [-0.2, 0) is 19.0 Å². The van der Waals surface area contributed by atoms with E-state index in [0.717, 1.165) is 0 Å². The fourth-order valence-electron chi connectivity index (χ4n) is 5.76. The maximum Gasteiger partial charge on any atom is 0.312 e. The summed E-state index contributed by atoms with van der Waals surface area (Å²) >= 11 is 0. The van der Waals surface area contributed by atoms with Gasteiger partial charge in [0.25, 0.3) is 0 Å². The van der Waals surface area contributed by atoms with Crippen LogP contribution < -0.4 is 0 Å². The lowest BCUT2D eigenvalue weighted by molar-refractivity contribution is -0.315. The lowest BCUT2D eigenvalue weighted by Gasteiger charge is -2.52. The minimum absolute atomic E-state index is 0.278. The van der Waals surface area contributed by atoms with Gasteiger partial charge in [-0.1, -0.05) is 6.92 Å². The number of hydrogen-bond donors (Lipinski definition) is 6. The average Bonchev–Trinajstić information content (AvgIpc) is 2.94. The van der Waals surface area contributed by atoms with Crippen molar-refractivity contribution in [3.8, 4) is 0 Å². The van der Waals surface area contributed by atoms with Gasteiger partial charge in [-0.25, -0.2) is 0 Å². The van der Waals surface area contributed by atoms with E-state index in [0.29, 0.717) is 24.0 Å². The molecule has 2 aliphatic heterocycles. The van der Waals surface area contributed by atoms with Crippen molar-refractivity contribution in [2.45, 2.75) is 94.7 Å². The fourth-order valence-corrected chi connectivity index (χ4v) is 5.76. The smallest absolute Gasteiger partial charge is 0.312 e. The van der Waals surface area contributed by atoms with Gasteiger partial charge < -0.3 is 44.8 Å². The Morgan fingerprint density at radius 1 is 1.13 bits per heavy atom. The van der Waals surface area contributed by atoms with Crippen LogP contribution in [-0.4, -0.2) is 97.8 Å². The summed E-state index contributed by atoms with van der Waals surface area (Å²) in [5, 5.41) is 61.8. The third-order valence-electron chi connectivity index (χ3n) is 7.77. The van der Waals surface area contributed by atoms with E-state index in [9.17, 15) is 35.4 Å². The highest BCUT2D eigenvalue weighted by atomic mass is 16.7. The molecule has 1 unspecified atom stereocenters. The number of ether oxygens (including phenoxy) is 3. The highest BCUT2D eigenvalue weighted by molar-refractivity contribution is 5.77. The molecule has 0 aromatic heterocycles. The van der Waals surface area contributed by atoms with Crippen LogP contribution in [0.2, 0.25) is 0 Å². The van der Waals surface area contributed by atoms with Crippen LogP contribution in [0.3, 0.4) is 0 Å². The molecule has 0 aromatic rings. The van der Waals surface area contributed by atoms with E-state index in [4.69, 9.17) is 14.2 Å². The van der Waals surface area contributed by atoms with Gasteiger partial charge >= 0.3 is 5.97 Å². The number of rotatable bonds is 3. The summed E-state index contributed by atoms with van der Waals surface area (Å²) in [6.07, 6.45) is -8.91. The topological polar surface area (TPSA) is 166 Å². The second-order valence-electron chi connectivity index (χ2n) is 9.71. The van der Waals surface area contributed by atoms with Crippen molar-refractivity contribution >= 4 is 5.97 Å². The van der Waals surface area contributed by atoms with Crippen LogP contribution in [0.5, 0.6) is 0 Å². The second-order valence-corrected chi connectivity index (χ2v) is 9.71. The first kappa shape index (κ1) is 23.1. The van der Waals surface area contributed by atoms with E-state index in [1.54, 1.807) is 13.8 Å². The highest BCUT2D eigenvalue weighted by Crippen LogP contribution is 2.57. The molecule has 4 aliphatic rings. The minimum Gasteiger partial charge on any atom is -0.454 e. The summed E-state index contributed by atoms with van der Waals surface area (Å²) in [7, 11) is 0. The molecule has 10 heteroatoms. The van der Waals surface area contributed by atoms with Gasteiger partial charge in [-0.05, 0) is 49.7 Å². The number of hydrogen-bond acceptors (Lipinski definition) is 10. The average molecular weight is 444 g/mol. The number of carbonyl (C=O) groups is 1. The fraction of sp³-hybridized carbons (Fsp3) is 0.857. The molecule has 2 saturated heterocycles. The molecule has 0 bridgehead atoms. The largest absolute Gasteiger partial charge is 0.454 e. The molecule has 31 heavy (non-hydrogen) atoms. The Hall–Kier alpha value is -1.11. The van der Waals surface area contributed by atoms with E-state index < -0.39 is 78.5 Å². The molecule has 2 aliphatic carbocycles.